The lowest BCUT2D eigenvalue weighted by Crippen LogP contribution is -2.65. The molecule has 0 spiro atoms. The van der Waals surface area contributed by atoms with E-state index in [-0.39, 0.29) is 29.6 Å². The van der Waals surface area contributed by atoms with Gasteiger partial charge < -0.3 is 34.5 Å². The summed E-state index contributed by atoms with van der Waals surface area (Å²) < 4.78 is 24.0. The number of aliphatic carboxylic acids is 1. The predicted octanol–water partition coefficient (Wildman–Crippen LogP) is 5.24. The van der Waals surface area contributed by atoms with Crippen LogP contribution in [0.2, 0.25) is 6.32 Å². The lowest BCUT2D eigenvalue weighted by atomic mass is 9.43. The molecule has 2 heterocycles. The largest absolute Gasteiger partial charge is 0.480 e. The van der Waals surface area contributed by atoms with Crippen LogP contribution in [0.1, 0.15) is 108 Å². The first-order valence-corrected chi connectivity index (χ1v) is 17.4. The Morgan fingerprint density at radius 1 is 1.02 bits per heavy atom. The van der Waals surface area contributed by atoms with Crippen LogP contribution in [0, 0.1) is 29.1 Å². The second-order valence-corrected chi connectivity index (χ2v) is 17.4. The highest BCUT2D eigenvalue weighted by Gasteiger charge is 2.67. The third-order valence-electron chi connectivity index (χ3n) is 10.6. The molecular weight excluding hydrogens is 605 g/mol. The van der Waals surface area contributed by atoms with Crippen LogP contribution in [0.25, 0.3) is 0 Å². The second-order valence-electron chi connectivity index (χ2n) is 17.4. The van der Waals surface area contributed by atoms with E-state index >= 15 is 0 Å². The summed E-state index contributed by atoms with van der Waals surface area (Å²) in [7, 11) is -0.395. The fourth-order valence-electron chi connectivity index (χ4n) is 8.28. The summed E-state index contributed by atoms with van der Waals surface area (Å²) in [6.45, 7) is 21.0. The topological polar surface area (TPSA) is 153 Å². The summed E-state index contributed by atoms with van der Waals surface area (Å²) in [5.41, 5.74) is -1.70. The molecular formula is C34H58BN3O9. The Morgan fingerprint density at radius 2 is 1.66 bits per heavy atom. The average Bonchev–Trinajstić information content (AvgIpc) is 3.42. The Balaban J connectivity index is 1.49. The fraction of sp³-hybridized carbons (Fsp3) is 0.882. The number of ether oxygens (including phenoxy) is 2. The van der Waals surface area contributed by atoms with Gasteiger partial charge in [0.25, 0.3) is 0 Å². The number of amides is 3. The van der Waals surface area contributed by atoms with Crippen molar-refractivity contribution in [1.29, 1.82) is 0 Å². The third kappa shape index (κ3) is 8.37. The average molecular weight is 664 g/mol. The van der Waals surface area contributed by atoms with Crippen molar-refractivity contribution in [1.82, 2.24) is 15.5 Å². The van der Waals surface area contributed by atoms with Crippen molar-refractivity contribution in [3.8, 4) is 0 Å². The second kappa shape index (κ2) is 13.4. The Kier molecular flexibility index (Phi) is 10.6. The highest BCUT2D eigenvalue weighted by Crippen LogP contribution is 2.65. The van der Waals surface area contributed by atoms with Crippen molar-refractivity contribution < 1.29 is 43.1 Å². The number of likely N-dealkylation sites (tertiary alicyclic amines) is 1. The van der Waals surface area contributed by atoms with Gasteiger partial charge in [-0.1, -0.05) is 34.1 Å². The lowest BCUT2D eigenvalue weighted by Gasteiger charge is -2.64. The quantitative estimate of drug-likeness (QED) is 0.267. The molecule has 47 heavy (non-hydrogen) atoms. The zero-order valence-corrected chi connectivity index (χ0v) is 30.3. The number of rotatable bonds is 10. The standard InChI is InChI=1S/C34H58BN3O9/c1-19(2)15-22(37-29(42)44-31(3,4)5)27(39)36-23-18-38(30(43)45-32(6,7)8)26(28(40)41)21(23)13-12-14-35-46-25-17-20-16-24(33(20,9)10)34(25,11)47-35/h19-26H,12-18H2,1-11H3,(H,36,39)(H,37,42)(H,40,41)/t20-,21+,22-,23-,24-,25+,26-,34-/m0/s1. The van der Waals surface area contributed by atoms with E-state index in [1.807, 2.05) is 13.8 Å². The molecule has 0 aromatic heterocycles. The molecule has 3 saturated carbocycles. The van der Waals surface area contributed by atoms with Crippen molar-refractivity contribution >= 4 is 31.2 Å². The molecule has 5 fully saturated rings. The number of nitrogens with zero attached hydrogens (tertiary/aromatic N) is 1. The van der Waals surface area contributed by atoms with Gasteiger partial charge in [-0.3, -0.25) is 9.69 Å². The Morgan fingerprint density at radius 3 is 2.21 bits per heavy atom. The van der Waals surface area contributed by atoms with Crippen molar-refractivity contribution in [3.63, 3.8) is 0 Å². The highest BCUT2D eigenvalue weighted by molar-refractivity contribution is 6.45. The van der Waals surface area contributed by atoms with Gasteiger partial charge in [-0.25, -0.2) is 14.4 Å². The first kappa shape index (κ1) is 37.3. The van der Waals surface area contributed by atoms with Gasteiger partial charge in [-0.05, 0) is 104 Å². The zero-order chi connectivity index (χ0) is 35.3. The monoisotopic (exact) mass is 663 g/mol. The van der Waals surface area contributed by atoms with Crippen molar-refractivity contribution in [2.45, 2.75) is 156 Å². The molecule has 2 aliphatic heterocycles. The SMILES string of the molecule is CC(C)C[C@H](NC(=O)OC(C)(C)C)C(=O)N[C@H]1CN(C(=O)OC(C)(C)C)[C@H](C(=O)O)[C@@H]1CCCB1O[C@@H]2C[C@@H]3C[C@@H](C3(C)C)[C@]2(C)O1. The van der Waals surface area contributed by atoms with Crippen LogP contribution in [-0.4, -0.2) is 88.8 Å². The normalized spacial score (nSPS) is 31.9. The van der Waals surface area contributed by atoms with Gasteiger partial charge in [0.15, 0.2) is 0 Å². The molecule has 2 saturated heterocycles. The van der Waals surface area contributed by atoms with Gasteiger partial charge in [-0.2, -0.15) is 0 Å². The van der Waals surface area contributed by atoms with Crippen LogP contribution in [0.4, 0.5) is 9.59 Å². The Hall–Kier alpha value is -2.54. The maximum absolute atomic E-state index is 13.7. The van der Waals surface area contributed by atoms with Crippen LogP contribution >= 0.6 is 0 Å². The number of hydrogen-bond acceptors (Lipinski definition) is 8. The van der Waals surface area contributed by atoms with E-state index in [1.165, 1.54) is 4.90 Å². The molecule has 3 amide bonds. The molecule has 12 nitrogen and oxygen atoms in total. The van der Waals surface area contributed by atoms with Gasteiger partial charge in [0.05, 0.1) is 17.7 Å². The number of carbonyl (C=O) groups excluding carboxylic acids is 3. The summed E-state index contributed by atoms with van der Waals surface area (Å²) in [5.74, 6) is -1.11. The maximum atomic E-state index is 13.7. The summed E-state index contributed by atoms with van der Waals surface area (Å²) >= 11 is 0. The molecule has 0 aromatic carbocycles. The minimum atomic E-state index is -1.21. The van der Waals surface area contributed by atoms with Gasteiger partial charge >= 0.3 is 25.3 Å². The van der Waals surface area contributed by atoms with Gasteiger partial charge in [-0.15, -0.1) is 0 Å². The molecule has 0 radical (unpaired) electrons. The zero-order valence-electron chi connectivity index (χ0n) is 30.3. The van der Waals surface area contributed by atoms with E-state index in [0.717, 1.165) is 12.8 Å². The molecule has 2 bridgehead atoms. The van der Waals surface area contributed by atoms with E-state index in [0.29, 0.717) is 37.4 Å². The predicted molar refractivity (Wildman–Crippen MR) is 177 cm³/mol. The highest BCUT2D eigenvalue weighted by atomic mass is 16.7. The van der Waals surface area contributed by atoms with Crippen molar-refractivity contribution in [3.05, 3.63) is 0 Å². The van der Waals surface area contributed by atoms with Gasteiger partial charge in [0, 0.05) is 12.5 Å². The molecule has 0 aromatic rings. The van der Waals surface area contributed by atoms with Crippen LogP contribution in [0.3, 0.4) is 0 Å². The first-order chi connectivity index (χ1) is 21.5. The Labute approximate surface area is 280 Å². The molecule has 5 rings (SSSR count). The smallest absolute Gasteiger partial charge is 0.457 e. The van der Waals surface area contributed by atoms with Gasteiger partial charge in [0.1, 0.15) is 23.3 Å². The molecule has 0 unspecified atom stereocenters. The minimum Gasteiger partial charge on any atom is -0.480 e. The third-order valence-corrected chi connectivity index (χ3v) is 10.6. The van der Waals surface area contributed by atoms with Crippen molar-refractivity contribution in [2.75, 3.05) is 6.54 Å². The molecule has 8 atom stereocenters. The number of nitrogens with one attached hydrogen (secondary N) is 2. The van der Waals surface area contributed by atoms with Crippen LogP contribution < -0.4 is 10.6 Å². The number of hydrogen-bond donors (Lipinski definition) is 3. The molecule has 3 N–H and O–H groups in total. The van der Waals surface area contributed by atoms with Crippen LogP contribution in [-0.2, 0) is 28.4 Å². The first-order valence-electron chi connectivity index (χ1n) is 17.4. The molecule has 3 aliphatic carbocycles. The van der Waals surface area contributed by atoms with E-state index in [4.69, 9.17) is 18.8 Å². The number of carboxylic acids is 1. The molecule has 13 heteroatoms. The van der Waals surface area contributed by atoms with Crippen molar-refractivity contribution in [2.24, 2.45) is 29.1 Å². The number of carboxylic acid groups (broad SMARTS) is 1. The summed E-state index contributed by atoms with van der Waals surface area (Å²) in [6.07, 6.45) is 2.59. The fourth-order valence-corrected chi connectivity index (χ4v) is 8.28. The Bertz CT molecular complexity index is 1200. The maximum Gasteiger partial charge on any atom is 0.457 e. The number of carbonyl (C=O) groups is 4. The van der Waals surface area contributed by atoms with Crippen LogP contribution in [0.15, 0.2) is 0 Å². The summed E-state index contributed by atoms with van der Waals surface area (Å²) in [4.78, 5) is 53.5. The van der Waals surface area contributed by atoms with Gasteiger partial charge in [0.2, 0.25) is 5.91 Å². The summed E-state index contributed by atoms with van der Waals surface area (Å²) in [5, 5.41) is 16.1. The minimum absolute atomic E-state index is 0.0438. The van der Waals surface area contributed by atoms with E-state index in [1.54, 1.807) is 41.5 Å². The molecule has 266 valence electrons. The van der Waals surface area contributed by atoms with Crippen LogP contribution in [0.5, 0.6) is 0 Å². The number of alkyl carbamates (subject to hydrolysis) is 1. The van der Waals surface area contributed by atoms with E-state index in [9.17, 15) is 24.3 Å². The summed E-state index contributed by atoms with van der Waals surface area (Å²) in [6, 6.07) is -2.81. The molecule has 5 aliphatic rings. The van der Waals surface area contributed by atoms with E-state index in [2.05, 4.69) is 31.4 Å². The van der Waals surface area contributed by atoms with E-state index < -0.39 is 66.4 Å². The lowest BCUT2D eigenvalue weighted by molar-refractivity contribution is -0.199.